The van der Waals surface area contributed by atoms with Crippen LogP contribution in [-0.2, 0) is 11.2 Å². The molecular formula is C23H29Cl2NO4S. The molecule has 1 atom stereocenters. The van der Waals surface area contributed by atoms with Gasteiger partial charge < -0.3 is 19.9 Å². The summed E-state index contributed by atoms with van der Waals surface area (Å²) in [7, 11) is 1.61. The molecular weight excluding hydrogens is 457 g/mol. The second-order valence-corrected chi connectivity index (χ2v) is 10.5. The van der Waals surface area contributed by atoms with Gasteiger partial charge in [0.1, 0.15) is 11.4 Å². The fraction of sp³-hybridized carbons (Fsp3) is 0.435. The molecule has 2 rings (SSSR count). The number of aryl methyl sites for hydroxylation is 1. The van der Waals surface area contributed by atoms with Crippen molar-refractivity contribution in [1.82, 2.24) is 5.32 Å². The van der Waals surface area contributed by atoms with Crippen LogP contribution in [0.4, 0.5) is 4.79 Å². The topological polar surface area (TPSA) is 67.8 Å². The normalized spacial score (nSPS) is 13.4. The third-order valence-corrected chi connectivity index (χ3v) is 6.11. The number of ether oxygens (including phenoxy) is 2. The third-order valence-electron chi connectivity index (χ3n) is 4.48. The van der Waals surface area contributed by atoms with E-state index in [1.807, 2.05) is 30.3 Å². The largest absolute Gasteiger partial charge is 0.496 e. The Morgan fingerprint density at radius 3 is 2.42 bits per heavy atom. The zero-order valence-corrected chi connectivity index (χ0v) is 20.7. The first-order valence-electron chi connectivity index (χ1n) is 9.86. The van der Waals surface area contributed by atoms with Crippen LogP contribution in [0, 0.1) is 0 Å². The third kappa shape index (κ3) is 8.11. The van der Waals surface area contributed by atoms with Crippen molar-refractivity contribution in [3.63, 3.8) is 0 Å². The summed E-state index contributed by atoms with van der Waals surface area (Å²) in [5, 5.41) is 13.8. The van der Waals surface area contributed by atoms with Gasteiger partial charge in [-0.05, 0) is 76.4 Å². The number of nitrogens with one attached hydrogen (secondary N) is 1. The molecule has 2 aromatic carbocycles. The lowest BCUT2D eigenvalue weighted by Crippen LogP contribution is -2.50. The Bertz CT molecular complexity index is 917. The molecule has 0 aliphatic carbocycles. The Morgan fingerprint density at radius 2 is 1.84 bits per heavy atom. The molecule has 0 aliphatic rings. The van der Waals surface area contributed by atoms with E-state index < -0.39 is 17.2 Å². The van der Waals surface area contributed by atoms with Crippen LogP contribution in [0.2, 0.25) is 10.0 Å². The van der Waals surface area contributed by atoms with Gasteiger partial charge in [0, 0.05) is 14.9 Å². The number of carbonyl (C=O) groups is 1. The van der Waals surface area contributed by atoms with E-state index in [0.29, 0.717) is 28.6 Å². The lowest BCUT2D eigenvalue weighted by Gasteiger charge is -2.30. The summed E-state index contributed by atoms with van der Waals surface area (Å²) in [6.45, 7) is 6.95. The molecule has 0 saturated carbocycles. The van der Waals surface area contributed by atoms with Gasteiger partial charge in [0.15, 0.2) is 0 Å². The van der Waals surface area contributed by atoms with Gasteiger partial charge in [0.2, 0.25) is 0 Å². The molecule has 0 bridgehead atoms. The molecule has 2 aromatic rings. The summed E-state index contributed by atoms with van der Waals surface area (Å²) in [4.78, 5) is 14.0. The number of hydrogen-bond acceptors (Lipinski definition) is 5. The number of halogens is 2. The molecule has 0 spiro atoms. The number of alkyl carbamates (subject to hydrolysis) is 1. The van der Waals surface area contributed by atoms with Gasteiger partial charge in [0.05, 0.1) is 24.2 Å². The highest BCUT2D eigenvalue weighted by Crippen LogP contribution is 2.38. The average Bonchev–Trinajstić information content (AvgIpc) is 2.67. The molecule has 0 aliphatic heterocycles. The molecule has 1 amide bonds. The lowest BCUT2D eigenvalue weighted by molar-refractivity contribution is 0.0407. The number of hydrogen-bond donors (Lipinski definition) is 2. The van der Waals surface area contributed by atoms with Crippen molar-refractivity contribution in [3.05, 3.63) is 52.0 Å². The van der Waals surface area contributed by atoms with E-state index >= 15 is 0 Å². The van der Waals surface area contributed by atoms with E-state index in [0.717, 1.165) is 15.4 Å². The van der Waals surface area contributed by atoms with Crippen LogP contribution in [0.1, 0.15) is 39.7 Å². The fourth-order valence-corrected chi connectivity index (χ4v) is 4.24. The summed E-state index contributed by atoms with van der Waals surface area (Å²) in [6.07, 6.45) is 0.528. The Hall–Kier alpha value is -1.60. The first-order valence-corrected chi connectivity index (χ1v) is 11.4. The van der Waals surface area contributed by atoms with E-state index in [9.17, 15) is 9.90 Å². The fourth-order valence-electron chi connectivity index (χ4n) is 2.79. The number of amides is 1. The van der Waals surface area contributed by atoms with Gasteiger partial charge >= 0.3 is 6.09 Å². The molecule has 0 heterocycles. The Balaban J connectivity index is 2.05. The van der Waals surface area contributed by atoms with Crippen molar-refractivity contribution in [3.8, 4) is 5.75 Å². The first-order chi connectivity index (χ1) is 14.4. The lowest BCUT2D eigenvalue weighted by atomic mass is 9.94. The molecule has 0 unspecified atom stereocenters. The zero-order chi connectivity index (χ0) is 23.2. The predicted molar refractivity (Wildman–Crippen MR) is 127 cm³/mol. The molecule has 0 saturated heterocycles. The van der Waals surface area contributed by atoms with Crippen LogP contribution in [0.15, 0.2) is 46.2 Å². The van der Waals surface area contributed by atoms with Gasteiger partial charge in [-0.2, -0.15) is 0 Å². The van der Waals surface area contributed by atoms with Crippen molar-refractivity contribution in [2.45, 2.75) is 61.5 Å². The summed E-state index contributed by atoms with van der Waals surface area (Å²) in [6, 6.07) is 11.3. The minimum absolute atomic E-state index is 0.214. The van der Waals surface area contributed by atoms with Crippen LogP contribution in [-0.4, -0.2) is 36.1 Å². The van der Waals surface area contributed by atoms with Crippen LogP contribution in [0.25, 0.3) is 0 Å². The van der Waals surface area contributed by atoms with Crippen molar-refractivity contribution in [2.75, 3.05) is 13.7 Å². The Morgan fingerprint density at radius 1 is 1.13 bits per heavy atom. The molecule has 170 valence electrons. The van der Waals surface area contributed by atoms with E-state index in [1.165, 1.54) is 11.8 Å². The number of rotatable bonds is 8. The van der Waals surface area contributed by atoms with Gasteiger partial charge in [-0.15, -0.1) is 0 Å². The summed E-state index contributed by atoms with van der Waals surface area (Å²) >= 11 is 14.1. The van der Waals surface area contributed by atoms with Crippen molar-refractivity contribution in [1.29, 1.82) is 0 Å². The number of carbonyl (C=O) groups excluding carboxylic acids is 1. The summed E-state index contributed by atoms with van der Waals surface area (Å²) < 4.78 is 10.7. The second kappa shape index (κ2) is 10.8. The molecule has 8 heteroatoms. The molecule has 5 nitrogen and oxygen atoms in total. The minimum Gasteiger partial charge on any atom is -0.496 e. The number of aliphatic hydroxyl groups is 1. The average molecular weight is 486 g/mol. The van der Waals surface area contributed by atoms with Crippen molar-refractivity contribution < 1.29 is 19.4 Å². The molecule has 0 radical (unpaired) electrons. The second-order valence-electron chi connectivity index (χ2n) is 8.50. The number of aliphatic hydroxyl groups excluding tert-OH is 1. The number of benzene rings is 2. The summed E-state index contributed by atoms with van der Waals surface area (Å²) in [5.74, 6) is 0.699. The van der Waals surface area contributed by atoms with Crippen LogP contribution < -0.4 is 10.1 Å². The standard InChI is InChI=1S/C23H29Cl2NO4S/c1-22(2,3)30-21(28)26-23(4,14-27)11-10-15-6-8-17(13-18(15)25)31-20-9-7-16(24)12-19(20)29-5/h6-9,12-13,27H,10-11,14H2,1-5H3,(H,26,28)/t23-/m0/s1. The highest BCUT2D eigenvalue weighted by atomic mass is 35.5. The van der Waals surface area contributed by atoms with E-state index in [2.05, 4.69) is 5.32 Å². The quantitative estimate of drug-likeness (QED) is 0.454. The Kier molecular flexibility index (Phi) is 8.95. The maximum Gasteiger partial charge on any atom is 0.408 e. The van der Waals surface area contributed by atoms with Gasteiger partial charge in [-0.25, -0.2) is 4.79 Å². The van der Waals surface area contributed by atoms with Gasteiger partial charge in [-0.3, -0.25) is 0 Å². The Labute approximate surface area is 198 Å². The summed E-state index contributed by atoms with van der Waals surface area (Å²) in [5.41, 5.74) is -0.500. The highest BCUT2D eigenvalue weighted by Gasteiger charge is 2.28. The van der Waals surface area contributed by atoms with Crippen LogP contribution in [0.3, 0.4) is 0 Å². The molecule has 31 heavy (non-hydrogen) atoms. The maximum atomic E-state index is 12.1. The molecule has 0 aromatic heterocycles. The molecule has 0 fully saturated rings. The van der Waals surface area contributed by atoms with Crippen molar-refractivity contribution >= 4 is 41.1 Å². The van der Waals surface area contributed by atoms with E-state index in [-0.39, 0.29) is 6.61 Å². The molecule has 2 N–H and O–H groups in total. The van der Waals surface area contributed by atoms with E-state index in [1.54, 1.807) is 40.9 Å². The number of methoxy groups -OCH3 is 1. The SMILES string of the molecule is COc1cc(Cl)ccc1Sc1ccc(CC[C@@](C)(CO)NC(=O)OC(C)(C)C)c(Cl)c1. The van der Waals surface area contributed by atoms with Crippen molar-refractivity contribution in [2.24, 2.45) is 0 Å². The van der Waals surface area contributed by atoms with Crippen LogP contribution >= 0.6 is 35.0 Å². The minimum atomic E-state index is -0.824. The zero-order valence-electron chi connectivity index (χ0n) is 18.4. The monoisotopic (exact) mass is 485 g/mol. The predicted octanol–water partition coefficient (Wildman–Crippen LogP) is 6.36. The highest BCUT2D eigenvalue weighted by molar-refractivity contribution is 7.99. The smallest absolute Gasteiger partial charge is 0.408 e. The van der Waals surface area contributed by atoms with Crippen LogP contribution in [0.5, 0.6) is 5.75 Å². The first kappa shape index (κ1) is 25.7. The van der Waals surface area contributed by atoms with Gasteiger partial charge in [0.25, 0.3) is 0 Å². The van der Waals surface area contributed by atoms with Gasteiger partial charge in [-0.1, -0.05) is 41.0 Å². The van der Waals surface area contributed by atoms with E-state index in [4.69, 9.17) is 32.7 Å². The maximum absolute atomic E-state index is 12.1.